The number of carboxylic acid groups (broad SMARTS) is 1. The summed E-state index contributed by atoms with van der Waals surface area (Å²) in [4.78, 5) is 32.7. The Bertz CT molecular complexity index is 1320. The molecule has 1 aliphatic rings. The molecule has 1 fully saturated rings. The van der Waals surface area contributed by atoms with Gasteiger partial charge in [-0.2, -0.15) is 0 Å². The van der Waals surface area contributed by atoms with Gasteiger partial charge in [-0.05, 0) is 64.5 Å². The average molecular weight is 576 g/mol. The van der Waals surface area contributed by atoms with Crippen molar-refractivity contribution >= 4 is 25.9 Å². The molecule has 41 heavy (non-hydrogen) atoms. The number of carbonyl (C=O) groups excluding carboxylic acids is 1. The molecule has 0 bridgehead atoms. The van der Waals surface area contributed by atoms with E-state index in [-0.39, 0.29) is 10.9 Å². The highest BCUT2D eigenvalue weighted by atomic mass is 28.3. The van der Waals surface area contributed by atoms with Gasteiger partial charge in [0.2, 0.25) is 5.91 Å². The number of β-lactam (4-membered cyclic amide) rings is 1. The minimum absolute atomic E-state index is 0.0596. The number of hydrogen-bond acceptors (Lipinski definition) is 6. The van der Waals surface area contributed by atoms with Crippen LogP contribution in [0.3, 0.4) is 0 Å². The van der Waals surface area contributed by atoms with Crippen LogP contribution >= 0.6 is 0 Å². The summed E-state index contributed by atoms with van der Waals surface area (Å²) in [5.41, 5.74) is 3.08. The van der Waals surface area contributed by atoms with Crippen LogP contribution in [-0.2, 0) is 29.1 Å². The van der Waals surface area contributed by atoms with Crippen LogP contribution in [-0.4, -0.2) is 55.0 Å². The summed E-state index contributed by atoms with van der Waals surface area (Å²) in [5, 5.41) is 9.99. The second kappa shape index (κ2) is 11.9. The highest BCUT2D eigenvalue weighted by Gasteiger charge is 2.59. The number of aliphatic carboxylic acids is 1. The maximum atomic E-state index is 13.4. The third-order valence-corrected chi connectivity index (χ3v) is 13.9. The fraction of sp³-hybridized carbons (Fsp3) is 0.406. The van der Waals surface area contributed by atoms with E-state index in [4.69, 9.17) is 9.47 Å². The third kappa shape index (κ3) is 6.40. The summed E-state index contributed by atoms with van der Waals surface area (Å²) in [5.74, 6) is 0.758. The van der Waals surface area contributed by atoms with Crippen LogP contribution in [0.25, 0.3) is 0 Å². The lowest BCUT2D eigenvalue weighted by Crippen LogP contribution is -2.75. The third-order valence-electron chi connectivity index (χ3n) is 8.56. The fourth-order valence-corrected chi connectivity index (χ4v) is 7.57. The number of nitrogens with zero attached hydrogens (tertiary/aromatic N) is 3. The van der Waals surface area contributed by atoms with E-state index in [9.17, 15) is 14.7 Å². The first kappa shape index (κ1) is 30.1. The van der Waals surface area contributed by atoms with Gasteiger partial charge < -0.3 is 24.0 Å². The minimum Gasteiger partial charge on any atom is -0.497 e. The number of anilines is 1. The number of carbonyl (C=O) groups is 2. The SMILES string of the molecule is COc1ccc(CN(Cc2ccc(OC)cc2)c2cc(C[C@H]3C(=O)N([Si](C)(C)C(C)(C)C)[C@@H]3C(=O)O)ccn2)cc1. The molecule has 0 radical (unpaired) electrons. The summed E-state index contributed by atoms with van der Waals surface area (Å²) < 4.78 is 12.3. The molecule has 2 atom stereocenters. The number of aromatic nitrogens is 1. The van der Waals surface area contributed by atoms with E-state index in [2.05, 4.69) is 43.7 Å². The number of amides is 1. The van der Waals surface area contributed by atoms with Crippen LogP contribution in [0.4, 0.5) is 5.82 Å². The molecule has 1 aromatic heterocycles. The van der Waals surface area contributed by atoms with Crippen LogP contribution in [0.1, 0.15) is 37.5 Å². The normalized spacial score (nSPS) is 17.1. The molecule has 2 heterocycles. The zero-order valence-electron chi connectivity index (χ0n) is 25.0. The monoisotopic (exact) mass is 575 g/mol. The summed E-state index contributed by atoms with van der Waals surface area (Å²) in [6.07, 6.45) is 2.10. The molecule has 0 spiro atoms. The van der Waals surface area contributed by atoms with E-state index in [1.54, 1.807) is 25.0 Å². The van der Waals surface area contributed by atoms with Gasteiger partial charge in [0.1, 0.15) is 23.4 Å². The standard InChI is InChI=1S/C32H41N3O5Si/c1-32(2,3)41(6,7)35-29(31(37)38)27(30(35)36)18-24-16-17-33-28(19-24)34(20-22-8-12-25(39-4)13-9-22)21-23-10-14-26(40-5)15-11-23/h8-17,19,27,29H,18,20-21H2,1-7H3,(H,37,38)/t27-,29+/m1/s1. The Hall–Kier alpha value is -3.85. The Morgan fingerprint density at radius 2 is 1.44 bits per heavy atom. The van der Waals surface area contributed by atoms with E-state index in [1.165, 1.54) is 0 Å². The van der Waals surface area contributed by atoms with Crippen molar-refractivity contribution in [1.29, 1.82) is 0 Å². The van der Waals surface area contributed by atoms with Crippen LogP contribution in [0.5, 0.6) is 11.5 Å². The highest BCUT2D eigenvalue weighted by molar-refractivity contribution is 6.80. The van der Waals surface area contributed by atoms with Crippen molar-refractivity contribution in [1.82, 2.24) is 9.55 Å². The largest absolute Gasteiger partial charge is 0.497 e. The number of methoxy groups -OCH3 is 2. The number of rotatable bonds is 11. The number of pyridine rings is 1. The maximum Gasteiger partial charge on any atom is 0.326 e. The number of benzene rings is 2. The van der Waals surface area contributed by atoms with E-state index < -0.39 is 26.2 Å². The predicted molar refractivity (Wildman–Crippen MR) is 163 cm³/mol. The lowest BCUT2D eigenvalue weighted by molar-refractivity contribution is -0.163. The van der Waals surface area contributed by atoms with Crippen molar-refractivity contribution in [3.05, 3.63) is 83.6 Å². The van der Waals surface area contributed by atoms with E-state index >= 15 is 0 Å². The Balaban J connectivity index is 1.60. The second-order valence-electron chi connectivity index (χ2n) is 12.2. The molecule has 1 aliphatic heterocycles. The number of carboxylic acids is 1. The van der Waals surface area contributed by atoms with Gasteiger partial charge in [0.15, 0.2) is 8.24 Å². The molecule has 0 aliphatic carbocycles. The Morgan fingerprint density at radius 1 is 0.927 bits per heavy atom. The van der Waals surface area contributed by atoms with Crippen LogP contribution in [0.15, 0.2) is 66.9 Å². The Morgan fingerprint density at radius 3 is 1.88 bits per heavy atom. The molecular weight excluding hydrogens is 534 g/mol. The first-order chi connectivity index (χ1) is 19.3. The topological polar surface area (TPSA) is 92.2 Å². The van der Waals surface area contributed by atoms with Crippen molar-refractivity contribution in [2.45, 2.75) is 64.5 Å². The Labute approximate surface area is 244 Å². The molecule has 1 saturated heterocycles. The Kier molecular flexibility index (Phi) is 8.77. The van der Waals surface area contributed by atoms with Gasteiger partial charge in [-0.3, -0.25) is 4.79 Å². The van der Waals surface area contributed by atoms with E-state index in [0.29, 0.717) is 19.5 Å². The highest BCUT2D eigenvalue weighted by Crippen LogP contribution is 2.45. The molecule has 0 saturated carbocycles. The molecule has 1 N–H and O–H groups in total. The molecule has 2 aromatic carbocycles. The minimum atomic E-state index is -2.33. The maximum absolute atomic E-state index is 13.4. The molecule has 0 unspecified atom stereocenters. The summed E-state index contributed by atoms with van der Waals surface area (Å²) in [7, 11) is 0.959. The van der Waals surface area contributed by atoms with Gasteiger partial charge in [-0.15, -0.1) is 0 Å². The van der Waals surface area contributed by atoms with Crippen LogP contribution < -0.4 is 14.4 Å². The van der Waals surface area contributed by atoms with Gasteiger partial charge >= 0.3 is 5.97 Å². The van der Waals surface area contributed by atoms with Gasteiger partial charge in [-0.25, -0.2) is 9.78 Å². The van der Waals surface area contributed by atoms with Crippen LogP contribution in [0, 0.1) is 5.92 Å². The zero-order chi connectivity index (χ0) is 29.9. The van der Waals surface area contributed by atoms with Crippen molar-refractivity contribution in [2.75, 3.05) is 19.1 Å². The first-order valence-electron chi connectivity index (χ1n) is 13.9. The van der Waals surface area contributed by atoms with Gasteiger partial charge in [-0.1, -0.05) is 58.1 Å². The van der Waals surface area contributed by atoms with E-state index in [0.717, 1.165) is 34.0 Å². The van der Waals surface area contributed by atoms with Crippen molar-refractivity contribution in [3.8, 4) is 11.5 Å². The number of hydrogen-bond donors (Lipinski definition) is 1. The van der Waals surface area contributed by atoms with Gasteiger partial charge in [0.25, 0.3) is 0 Å². The van der Waals surface area contributed by atoms with Gasteiger partial charge in [0, 0.05) is 19.3 Å². The number of ether oxygens (including phenoxy) is 2. The predicted octanol–water partition coefficient (Wildman–Crippen LogP) is 5.76. The summed E-state index contributed by atoms with van der Waals surface area (Å²) >= 11 is 0. The first-order valence-corrected chi connectivity index (χ1v) is 16.8. The molecule has 1 amide bonds. The molecular formula is C32H41N3O5Si. The second-order valence-corrected chi connectivity index (χ2v) is 17.3. The van der Waals surface area contributed by atoms with Gasteiger partial charge in [0.05, 0.1) is 20.1 Å². The van der Waals surface area contributed by atoms with Crippen molar-refractivity contribution < 1.29 is 24.2 Å². The molecule has 4 rings (SSSR count). The molecule has 218 valence electrons. The molecule has 3 aromatic rings. The molecule has 9 heteroatoms. The lowest BCUT2D eigenvalue weighted by Gasteiger charge is -2.56. The summed E-state index contributed by atoms with van der Waals surface area (Å²) in [6.45, 7) is 11.6. The fourth-order valence-electron chi connectivity index (χ4n) is 5.15. The lowest BCUT2D eigenvalue weighted by atomic mass is 9.85. The average Bonchev–Trinajstić information content (AvgIpc) is 2.94. The summed E-state index contributed by atoms with van der Waals surface area (Å²) in [6, 6.07) is 18.9. The van der Waals surface area contributed by atoms with E-state index in [1.807, 2.05) is 60.7 Å². The quantitative estimate of drug-likeness (QED) is 0.229. The smallest absolute Gasteiger partial charge is 0.326 e. The van der Waals surface area contributed by atoms with Crippen LogP contribution in [0.2, 0.25) is 18.1 Å². The zero-order valence-corrected chi connectivity index (χ0v) is 26.0. The molecule has 8 nitrogen and oxygen atoms in total. The van der Waals surface area contributed by atoms with Crippen molar-refractivity contribution in [2.24, 2.45) is 5.92 Å². The van der Waals surface area contributed by atoms with Crippen molar-refractivity contribution in [3.63, 3.8) is 0 Å².